The number of ether oxygens (including phenoxy) is 3. The largest absolute Gasteiger partial charge is 0.497 e. The molecule has 0 fully saturated rings. The Bertz CT molecular complexity index is 1280. The van der Waals surface area contributed by atoms with Gasteiger partial charge in [0.2, 0.25) is 0 Å². The SMILES string of the molecule is COc1ccc(/C=C2\N=C(SCC(=O)c3ccc(OC)cc3)N(c3cccc(OC)c3)C2=O)cc1. The van der Waals surface area contributed by atoms with Crippen LogP contribution in [0.25, 0.3) is 6.08 Å². The third-order valence-electron chi connectivity index (χ3n) is 5.30. The van der Waals surface area contributed by atoms with Crippen molar-refractivity contribution in [3.63, 3.8) is 0 Å². The van der Waals surface area contributed by atoms with Crippen LogP contribution in [0, 0.1) is 0 Å². The first-order valence-corrected chi connectivity index (χ1v) is 11.7. The van der Waals surface area contributed by atoms with E-state index in [4.69, 9.17) is 14.2 Å². The summed E-state index contributed by atoms with van der Waals surface area (Å²) >= 11 is 1.21. The summed E-state index contributed by atoms with van der Waals surface area (Å²) in [6.07, 6.45) is 1.72. The second-order valence-electron chi connectivity index (χ2n) is 7.48. The zero-order valence-electron chi connectivity index (χ0n) is 19.6. The number of rotatable bonds is 8. The summed E-state index contributed by atoms with van der Waals surface area (Å²) in [4.78, 5) is 32.3. The van der Waals surface area contributed by atoms with Crippen LogP contribution < -0.4 is 19.1 Å². The molecule has 0 unspecified atom stereocenters. The van der Waals surface area contributed by atoms with Crippen LogP contribution in [0.5, 0.6) is 17.2 Å². The summed E-state index contributed by atoms with van der Waals surface area (Å²) in [6, 6.07) is 21.4. The molecule has 4 rings (SSSR count). The highest BCUT2D eigenvalue weighted by Crippen LogP contribution is 2.32. The van der Waals surface area contributed by atoms with E-state index in [1.54, 1.807) is 75.9 Å². The van der Waals surface area contributed by atoms with Crippen molar-refractivity contribution in [1.29, 1.82) is 0 Å². The van der Waals surface area contributed by atoms with E-state index >= 15 is 0 Å². The van der Waals surface area contributed by atoms with Crippen LogP contribution in [0.15, 0.2) is 83.5 Å². The van der Waals surface area contributed by atoms with Crippen molar-refractivity contribution in [3.8, 4) is 17.2 Å². The lowest BCUT2D eigenvalue weighted by Gasteiger charge is -2.18. The number of thioether (sulfide) groups is 1. The van der Waals surface area contributed by atoms with Gasteiger partial charge in [-0.25, -0.2) is 4.99 Å². The van der Waals surface area contributed by atoms with Gasteiger partial charge in [-0.05, 0) is 60.2 Å². The lowest BCUT2D eigenvalue weighted by atomic mass is 10.1. The number of nitrogens with zero attached hydrogens (tertiary/aromatic N) is 2. The third kappa shape index (κ3) is 5.55. The predicted molar refractivity (Wildman–Crippen MR) is 139 cm³/mol. The van der Waals surface area contributed by atoms with Crippen molar-refractivity contribution in [1.82, 2.24) is 0 Å². The second kappa shape index (κ2) is 10.9. The fraction of sp³-hybridized carbons (Fsp3) is 0.148. The van der Waals surface area contributed by atoms with Gasteiger partial charge >= 0.3 is 0 Å². The van der Waals surface area contributed by atoms with Gasteiger partial charge in [-0.3, -0.25) is 14.5 Å². The molecule has 0 bridgehead atoms. The molecule has 0 saturated heterocycles. The maximum absolute atomic E-state index is 13.4. The fourth-order valence-corrected chi connectivity index (χ4v) is 4.33. The van der Waals surface area contributed by atoms with Crippen LogP contribution in [0.3, 0.4) is 0 Å². The van der Waals surface area contributed by atoms with Crippen LogP contribution in [-0.2, 0) is 4.79 Å². The van der Waals surface area contributed by atoms with Crippen LogP contribution >= 0.6 is 11.8 Å². The first kappa shape index (κ1) is 24.1. The van der Waals surface area contributed by atoms with Gasteiger partial charge in [0.1, 0.15) is 22.9 Å². The van der Waals surface area contributed by atoms with Gasteiger partial charge in [-0.15, -0.1) is 0 Å². The van der Waals surface area contributed by atoms with Crippen LogP contribution in [0.1, 0.15) is 15.9 Å². The Balaban J connectivity index is 1.61. The number of benzene rings is 3. The monoisotopic (exact) mass is 488 g/mol. The smallest absolute Gasteiger partial charge is 0.283 e. The van der Waals surface area contributed by atoms with E-state index in [9.17, 15) is 9.59 Å². The molecular formula is C27H24N2O5S. The Labute approximate surface area is 208 Å². The van der Waals surface area contributed by atoms with Crippen molar-refractivity contribution in [2.75, 3.05) is 32.0 Å². The normalized spacial score (nSPS) is 14.1. The minimum absolute atomic E-state index is 0.0778. The van der Waals surface area contributed by atoms with Crippen molar-refractivity contribution in [2.45, 2.75) is 0 Å². The molecule has 1 heterocycles. The number of hydrogen-bond acceptors (Lipinski definition) is 7. The number of ketones is 1. The van der Waals surface area contributed by atoms with E-state index in [-0.39, 0.29) is 23.1 Å². The molecule has 1 amide bonds. The van der Waals surface area contributed by atoms with Crippen LogP contribution in [-0.4, -0.2) is 43.9 Å². The summed E-state index contributed by atoms with van der Waals surface area (Å²) in [7, 11) is 4.74. The lowest BCUT2D eigenvalue weighted by molar-refractivity contribution is -0.113. The molecule has 35 heavy (non-hydrogen) atoms. The van der Waals surface area contributed by atoms with Gasteiger partial charge in [0, 0.05) is 11.6 Å². The number of amides is 1. The van der Waals surface area contributed by atoms with Crippen molar-refractivity contribution in [2.24, 2.45) is 4.99 Å². The van der Waals surface area contributed by atoms with E-state index in [1.165, 1.54) is 16.7 Å². The molecule has 0 radical (unpaired) electrons. The molecule has 0 N–H and O–H groups in total. The molecule has 0 saturated carbocycles. The van der Waals surface area contributed by atoms with E-state index < -0.39 is 0 Å². The number of methoxy groups -OCH3 is 3. The van der Waals surface area contributed by atoms with E-state index in [0.717, 1.165) is 11.3 Å². The molecule has 0 atom stereocenters. The number of aliphatic imine (C=N–C) groups is 1. The van der Waals surface area contributed by atoms with Gasteiger partial charge in [0.15, 0.2) is 11.0 Å². The highest BCUT2D eigenvalue weighted by atomic mass is 32.2. The molecule has 3 aromatic rings. The number of hydrogen-bond donors (Lipinski definition) is 0. The second-order valence-corrected chi connectivity index (χ2v) is 8.42. The minimum Gasteiger partial charge on any atom is -0.497 e. The average Bonchev–Trinajstić information content (AvgIpc) is 3.22. The first-order valence-electron chi connectivity index (χ1n) is 10.8. The Morgan fingerprint density at radius 3 is 2.14 bits per heavy atom. The maximum Gasteiger partial charge on any atom is 0.283 e. The number of anilines is 1. The van der Waals surface area contributed by atoms with E-state index in [0.29, 0.717) is 27.9 Å². The molecule has 1 aliphatic rings. The summed E-state index contributed by atoms with van der Waals surface area (Å²) in [5.74, 6) is 1.77. The fourth-order valence-electron chi connectivity index (χ4n) is 3.42. The molecule has 1 aliphatic heterocycles. The molecule has 7 nitrogen and oxygen atoms in total. The number of Topliss-reactive ketones (excluding diaryl/α,β-unsaturated/α-hetero) is 1. The van der Waals surface area contributed by atoms with E-state index in [2.05, 4.69) is 4.99 Å². The molecule has 0 aliphatic carbocycles. The highest BCUT2D eigenvalue weighted by Gasteiger charge is 2.32. The van der Waals surface area contributed by atoms with Crippen LogP contribution in [0.4, 0.5) is 5.69 Å². The number of carbonyl (C=O) groups excluding carboxylic acids is 2. The topological polar surface area (TPSA) is 77.4 Å². The number of amidine groups is 1. The summed E-state index contributed by atoms with van der Waals surface area (Å²) < 4.78 is 15.7. The average molecular weight is 489 g/mol. The Morgan fingerprint density at radius 2 is 1.51 bits per heavy atom. The number of carbonyl (C=O) groups is 2. The van der Waals surface area contributed by atoms with Gasteiger partial charge in [-0.2, -0.15) is 0 Å². The Morgan fingerprint density at radius 1 is 0.886 bits per heavy atom. The van der Waals surface area contributed by atoms with Crippen LogP contribution in [0.2, 0.25) is 0 Å². The standard InChI is InChI=1S/C27H24N2O5S/c1-32-21-11-7-18(8-12-21)15-24-26(31)29(20-5-4-6-23(16-20)34-3)27(28-24)35-17-25(30)19-9-13-22(33-2)14-10-19/h4-16H,17H2,1-3H3/b24-15-. The molecule has 0 spiro atoms. The van der Waals surface area contributed by atoms with E-state index in [1.807, 2.05) is 24.3 Å². The van der Waals surface area contributed by atoms with Gasteiger partial charge in [0.05, 0.1) is 32.8 Å². The van der Waals surface area contributed by atoms with Gasteiger partial charge < -0.3 is 14.2 Å². The first-order chi connectivity index (χ1) is 17.0. The highest BCUT2D eigenvalue weighted by molar-refractivity contribution is 8.14. The van der Waals surface area contributed by atoms with Crippen molar-refractivity contribution in [3.05, 3.63) is 89.6 Å². The maximum atomic E-state index is 13.4. The molecule has 3 aromatic carbocycles. The zero-order chi connectivity index (χ0) is 24.8. The van der Waals surface area contributed by atoms with Gasteiger partial charge in [-0.1, -0.05) is 30.0 Å². The quantitative estimate of drug-likeness (QED) is 0.325. The lowest BCUT2D eigenvalue weighted by Crippen LogP contribution is -2.30. The summed E-state index contributed by atoms with van der Waals surface area (Å²) in [5.41, 5.74) is 2.25. The molecule has 0 aromatic heterocycles. The summed E-state index contributed by atoms with van der Waals surface area (Å²) in [6.45, 7) is 0. The van der Waals surface area contributed by atoms with Crippen molar-refractivity contribution < 1.29 is 23.8 Å². The molecule has 8 heteroatoms. The third-order valence-corrected chi connectivity index (χ3v) is 6.24. The molecule has 178 valence electrons. The van der Waals surface area contributed by atoms with Gasteiger partial charge in [0.25, 0.3) is 5.91 Å². The molecular weight excluding hydrogens is 464 g/mol. The zero-order valence-corrected chi connectivity index (χ0v) is 20.4. The van der Waals surface area contributed by atoms with Crippen molar-refractivity contribution >= 4 is 40.4 Å². The minimum atomic E-state index is -0.284. The Hall–Kier alpha value is -4.04. The summed E-state index contributed by atoms with van der Waals surface area (Å²) in [5, 5.41) is 0.421. The Kier molecular flexibility index (Phi) is 7.52. The predicted octanol–water partition coefficient (Wildman–Crippen LogP) is 5.07.